The highest BCUT2D eigenvalue weighted by atomic mass is 32.1. The third-order valence-corrected chi connectivity index (χ3v) is 8.19. The van der Waals surface area contributed by atoms with Crippen molar-refractivity contribution >= 4 is 35.0 Å². The fourth-order valence-corrected chi connectivity index (χ4v) is 5.28. The lowest BCUT2D eigenvalue weighted by atomic mass is 10.0. The Morgan fingerprint density at radius 3 is 2.12 bits per heavy atom. The SMILES string of the molecule is CC(NC(=O)[C@H](CCCCN)NC(=O)[C@H](CCCN=C(N)N)NC(=O)c1cccs1)c1ccc(OCc2ccc(C(F)(F)F)cc2)cc1. The molecule has 0 bridgehead atoms. The molecule has 0 aliphatic rings. The number of carbonyl (C=O) groups excluding carboxylic acids is 3. The van der Waals surface area contributed by atoms with E-state index in [1.807, 2.05) is 0 Å². The quantitative estimate of drug-likeness (QED) is 0.0662. The van der Waals surface area contributed by atoms with E-state index in [1.165, 1.54) is 23.5 Å². The fourth-order valence-electron chi connectivity index (χ4n) is 4.65. The molecule has 0 radical (unpaired) electrons. The van der Waals surface area contributed by atoms with Gasteiger partial charge in [-0.1, -0.05) is 30.3 Å². The van der Waals surface area contributed by atoms with Crippen LogP contribution in [0.4, 0.5) is 13.2 Å². The highest BCUT2D eigenvalue weighted by Crippen LogP contribution is 2.29. The van der Waals surface area contributed by atoms with Gasteiger partial charge >= 0.3 is 6.18 Å². The van der Waals surface area contributed by atoms with Crippen LogP contribution in [0.15, 0.2) is 71.0 Å². The highest BCUT2D eigenvalue weighted by molar-refractivity contribution is 7.12. The van der Waals surface area contributed by atoms with Gasteiger partial charge in [0, 0.05) is 6.54 Å². The maximum Gasteiger partial charge on any atom is 0.416 e. The molecule has 1 heterocycles. The molecule has 48 heavy (non-hydrogen) atoms. The first-order chi connectivity index (χ1) is 22.9. The summed E-state index contributed by atoms with van der Waals surface area (Å²) in [6, 6.07) is 12.8. The summed E-state index contributed by atoms with van der Waals surface area (Å²) >= 11 is 1.24. The van der Waals surface area contributed by atoms with Crippen molar-refractivity contribution in [1.82, 2.24) is 16.0 Å². The average Bonchev–Trinajstić information content (AvgIpc) is 3.60. The predicted molar refractivity (Wildman–Crippen MR) is 179 cm³/mol. The van der Waals surface area contributed by atoms with E-state index < -0.39 is 47.6 Å². The lowest BCUT2D eigenvalue weighted by molar-refractivity contribution is -0.137. The molecule has 260 valence electrons. The summed E-state index contributed by atoms with van der Waals surface area (Å²) in [5.41, 5.74) is 17.1. The molecule has 0 aliphatic heterocycles. The van der Waals surface area contributed by atoms with Gasteiger partial charge in [-0.25, -0.2) is 0 Å². The average molecular weight is 690 g/mol. The Kier molecular flexibility index (Phi) is 14.7. The molecule has 0 fully saturated rings. The lowest BCUT2D eigenvalue weighted by Crippen LogP contribution is -2.54. The van der Waals surface area contributed by atoms with Crippen molar-refractivity contribution in [3.05, 3.63) is 87.6 Å². The van der Waals surface area contributed by atoms with E-state index in [0.717, 1.165) is 17.7 Å². The molecule has 3 rings (SSSR count). The number of nitrogens with one attached hydrogen (secondary N) is 3. The first-order valence-corrected chi connectivity index (χ1v) is 16.3. The monoisotopic (exact) mass is 689 g/mol. The normalized spacial score (nSPS) is 13.1. The Bertz CT molecular complexity index is 1480. The van der Waals surface area contributed by atoms with Crippen LogP contribution in [-0.4, -0.2) is 48.9 Å². The minimum atomic E-state index is -4.40. The number of rotatable bonds is 18. The number of amides is 3. The van der Waals surface area contributed by atoms with Gasteiger partial charge in [-0.2, -0.15) is 13.2 Å². The number of aliphatic imine (C=N–C) groups is 1. The van der Waals surface area contributed by atoms with E-state index in [2.05, 4.69) is 20.9 Å². The summed E-state index contributed by atoms with van der Waals surface area (Å²) in [6.07, 6.45) is -2.19. The largest absolute Gasteiger partial charge is 0.489 e. The van der Waals surface area contributed by atoms with Crippen LogP contribution in [0.25, 0.3) is 0 Å². The Hall–Kier alpha value is -4.63. The summed E-state index contributed by atoms with van der Waals surface area (Å²) in [4.78, 5) is 44.1. The first kappa shape index (κ1) is 37.8. The van der Waals surface area contributed by atoms with Gasteiger partial charge in [0.15, 0.2) is 5.96 Å². The Morgan fingerprint density at radius 1 is 0.875 bits per heavy atom. The molecule has 9 N–H and O–H groups in total. The second-order valence-corrected chi connectivity index (χ2v) is 12.0. The highest BCUT2D eigenvalue weighted by Gasteiger charge is 2.30. The van der Waals surface area contributed by atoms with Crippen LogP contribution in [0.2, 0.25) is 0 Å². The summed E-state index contributed by atoms with van der Waals surface area (Å²) in [5.74, 6) is -0.903. The summed E-state index contributed by atoms with van der Waals surface area (Å²) in [6.45, 7) is 2.56. The molecule has 0 saturated heterocycles. The summed E-state index contributed by atoms with van der Waals surface area (Å²) in [7, 11) is 0. The van der Waals surface area contributed by atoms with E-state index in [0.29, 0.717) is 48.4 Å². The molecule has 0 spiro atoms. The first-order valence-electron chi connectivity index (χ1n) is 15.5. The molecule has 0 saturated carbocycles. The van der Waals surface area contributed by atoms with Crippen LogP contribution in [0, 0.1) is 0 Å². The van der Waals surface area contributed by atoms with Crippen LogP contribution in [0.3, 0.4) is 0 Å². The molecule has 1 aromatic heterocycles. The molecule has 1 unspecified atom stereocenters. The van der Waals surface area contributed by atoms with Gasteiger partial charge < -0.3 is 37.9 Å². The number of nitrogens with two attached hydrogens (primary N) is 3. The minimum Gasteiger partial charge on any atom is -0.489 e. The molecular formula is C33H42F3N7O4S. The van der Waals surface area contributed by atoms with Gasteiger partial charge in [-0.15, -0.1) is 11.3 Å². The number of carbonyl (C=O) groups is 3. The van der Waals surface area contributed by atoms with Crippen molar-refractivity contribution in [3.8, 4) is 5.75 Å². The van der Waals surface area contributed by atoms with Crippen molar-refractivity contribution in [1.29, 1.82) is 0 Å². The van der Waals surface area contributed by atoms with Crippen LogP contribution >= 0.6 is 11.3 Å². The number of benzene rings is 2. The molecule has 0 aliphatic carbocycles. The van der Waals surface area contributed by atoms with Crippen LogP contribution in [0.1, 0.15) is 71.4 Å². The third-order valence-electron chi connectivity index (χ3n) is 7.32. The van der Waals surface area contributed by atoms with Crippen LogP contribution < -0.4 is 37.9 Å². The molecule has 11 nitrogen and oxygen atoms in total. The number of thiophene rings is 1. The lowest BCUT2D eigenvalue weighted by Gasteiger charge is -2.25. The molecule has 15 heteroatoms. The van der Waals surface area contributed by atoms with E-state index in [1.54, 1.807) is 48.7 Å². The minimum absolute atomic E-state index is 0.0790. The van der Waals surface area contributed by atoms with E-state index in [9.17, 15) is 27.6 Å². The number of unbranched alkanes of at least 4 members (excludes halogenated alkanes) is 1. The number of nitrogens with zero attached hydrogens (tertiary/aromatic N) is 1. The van der Waals surface area contributed by atoms with E-state index in [4.69, 9.17) is 21.9 Å². The smallest absolute Gasteiger partial charge is 0.416 e. The second kappa shape index (κ2) is 18.6. The van der Waals surface area contributed by atoms with Crippen LogP contribution in [0.5, 0.6) is 5.75 Å². The number of halogens is 3. The van der Waals surface area contributed by atoms with Gasteiger partial charge in [-0.3, -0.25) is 19.4 Å². The predicted octanol–water partition coefficient (Wildman–Crippen LogP) is 3.99. The maximum absolute atomic E-state index is 13.5. The van der Waals surface area contributed by atoms with Gasteiger partial charge in [0.25, 0.3) is 5.91 Å². The molecule has 3 aromatic rings. The van der Waals surface area contributed by atoms with Crippen molar-refractivity contribution in [3.63, 3.8) is 0 Å². The Balaban J connectivity index is 1.63. The molecule has 2 aromatic carbocycles. The van der Waals surface area contributed by atoms with Crippen molar-refractivity contribution in [2.45, 2.75) is 69.9 Å². The van der Waals surface area contributed by atoms with Gasteiger partial charge in [0.05, 0.1) is 16.5 Å². The molecular weight excluding hydrogens is 647 g/mol. The third kappa shape index (κ3) is 12.5. The number of ether oxygens (including phenoxy) is 1. The number of hydrogen-bond donors (Lipinski definition) is 6. The van der Waals surface area contributed by atoms with Gasteiger partial charge in [0.2, 0.25) is 11.8 Å². The van der Waals surface area contributed by atoms with Gasteiger partial charge in [-0.05, 0) is 92.4 Å². The van der Waals surface area contributed by atoms with Crippen molar-refractivity contribution in [2.75, 3.05) is 13.1 Å². The zero-order chi connectivity index (χ0) is 35.1. The molecule has 3 amide bonds. The second-order valence-electron chi connectivity index (χ2n) is 11.1. The number of guanidine groups is 1. The fraction of sp³-hybridized carbons (Fsp3) is 0.394. The van der Waals surface area contributed by atoms with Crippen molar-refractivity contribution < 1.29 is 32.3 Å². The number of alkyl halides is 3. The molecule has 3 atom stereocenters. The van der Waals surface area contributed by atoms with Crippen LogP contribution in [-0.2, 0) is 22.4 Å². The zero-order valence-corrected chi connectivity index (χ0v) is 27.4. The standard InChI is InChI=1S/C33H42F3N7O4S/c1-21(23-11-15-25(16-12-23)47-20-22-9-13-24(14-10-22)33(34,35)36)41-29(44)26(6-2-3-17-37)42-30(45)27(7-4-18-40-32(38)39)43-31(46)28-8-5-19-48-28/h5,8-16,19,21,26-27H,2-4,6-7,17-18,20,37H2,1H3,(H,41,44)(H,42,45)(H,43,46)(H4,38,39,40)/t21?,26-,27-/m0/s1. The van der Waals surface area contributed by atoms with E-state index in [-0.39, 0.29) is 25.5 Å². The number of hydrogen-bond acceptors (Lipinski definition) is 7. The van der Waals surface area contributed by atoms with E-state index >= 15 is 0 Å². The maximum atomic E-state index is 13.5. The van der Waals surface area contributed by atoms with Gasteiger partial charge in [0.1, 0.15) is 24.4 Å². The zero-order valence-electron chi connectivity index (χ0n) is 26.6. The summed E-state index contributed by atoms with van der Waals surface area (Å²) in [5, 5.41) is 10.3. The summed E-state index contributed by atoms with van der Waals surface area (Å²) < 4.78 is 44.1. The Labute approximate surface area is 281 Å². The topological polar surface area (TPSA) is 187 Å². The van der Waals surface area contributed by atoms with Crippen molar-refractivity contribution in [2.24, 2.45) is 22.2 Å². The Morgan fingerprint density at radius 2 is 1.52 bits per heavy atom.